The Morgan fingerprint density at radius 3 is 2.90 bits per heavy atom. The lowest BCUT2D eigenvalue weighted by Crippen LogP contribution is -2.35. The van der Waals surface area contributed by atoms with Crippen LogP contribution in [0, 0.1) is 11.3 Å². The zero-order valence-corrected chi connectivity index (χ0v) is 13.4. The monoisotopic (exact) mass is 323 g/mol. The molecule has 0 amide bonds. The van der Waals surface area contributed by atoms with E-state index in [1.165, 1.54) is 0 Å². The van der Waals surface area contributed by atoms with Crippen molar-refractivity contribution in [3.8, 4) is 6.07 Å². The molecule has 2 rings (SSSR count). The number of para-hydroxylation sites is 1. The fraction of sp³-hybridized carbons (Fsp3) is 0.429. The van der Waals surface area contributed by atoms with Gasteiger partial charge in [-0.25, -0.2) is 18.1 Å². The van der Waals surface area contributed by atoms with Crippen molar-refractivity contribution in [3.63, 3.8) is 0 Å². The van der Waals surface area contributed by atoms with Crippen LogP contribution in [-0.2, 0) is 16.4 Å². The lowest BCUT2D eigenvalue weighted by Gasteiger charge is -2.12. The van der Waals surface area contributed by atoms with E-state index in [0.29, 0.717) is 12.8 Å². The Morgan fingerprint density at radius 2 is 2.19 bits per heavy atom. The largest absolute Gasteiger partial charge is 0.241 e. The first-order valence-electron chi connectivity index (χ1n) is 6.71. The maximum atomic E-state index is 11.8. The van der Waals surface area contributed by atoms with Crippen LogP contribution in [0.2, 0.25) is 0 Å². The minimum Gasteiger partial charge on any atom is -0.241 e. The summed E-state index contributed by atoms with van der Waals surface area (Å²) in [6.45, 7) is 1.83. The molecule has 1 aromatic carbocycles. The molecule has 0 saturated carbocycles. The third-order valence-corrected chi connectivity index (χ3v) is 5.55. The summed E-state index contributed by atoms with van der Waals surface area (Å²) in [4.78, 5) is 4.50. The van der Waals surface area contributed by atoms with E-state index in [1.54, 1.807) is 11.3 Å². The standard InChI is InChI=1S/C14H17N3O2S2/c1-11(17-21(18,19)9-5-4-8-15)10-14-16-12-6-2-3-7-13(12)20-14/h2-3,6-7,11,17H,4-5,9-10H2,1H3. The molecule has 1 N–H and O–H groups in total. The van der Waals surface area contributed by atoms with Gasteiger partial charge in [0.1, 0.15) is 0 Å². The number of hydrogen-bond acceptors (Lipinski definition) is 5. The van der Waals surface area contributed by atoms with Crippen LogP contribution in [0.25, 0.3) is 10.2 Å². The minimum atomic E-state index is -3.33. The third kappa shape index (κ3) is 4.77. The van der Waals surface area contributed by atoms with Crippen LogP contribution >= 0.6 is 11.3 Å². The maximum absolute atomic E-state index is 11.8. The second-order valence-corrected chi connectivity index (χ2v) is 7.87. The first-order chi connectivity index (χ1) is 10.00. The van der Waals surface area contributed by atoms with Crippen molar-refractivity contribution in [1.29, 1.82) is 5.26 Å². The van der Waals surface area contributed by atoms with Gasteiger partial charge in [-0.15, -0.1) is 11.3 Å². The molecule has 0 aliphatic heterocycles. The number of aromatic nitrogens is 1. The van der Waals surface area contributed by atoms with Gasteiger partial charge in [0.2, 0.25) is 10.0 Å². The Labute approximate surface area is 128 Å². The van der Waals surface area contributed by atoms with Crippen molar-refractivity contribution in [2.24, 2.45) is 0 Å². The van der Waals surface area contributed by atoms with Crippen LogP contribution in [0.4, 0.5) is 0 Å². The zero-order valence-electron chi connectivity index (χ0n) is 11.7. The van der Waals surface area contributed by atoms with Crippen molar-refractivity contribution in [2.45, 2.75) is 32.2 Å². The average Bonchev–Trinajstić information content (AvgIpc) is 2.79. The molecule has 0 aliphatic rings. The number of benzene rings is 1. The van der Waals surface area contributed by atoms with Crippen molar-refractivity contribution < 1.29 is 8.42 Å². The van der Waals surface area contributed by atoms with Gasteiger partial charge < -0.3 is 0 Å². The molecule has 1 unspecified atom stereocenters. The van der Waals surface area contributed by atoms with Gasteiger partial charge in [-0.05, 0) is 25.5 Å². The van der Waals surface area contributed by atoms with E-state index in [2.05, 4.69) is 9.71 Å². The van der Waals surface area contributed by atoms with E-state index in [9.17, 15) is 8.42 Å². The van der Waals surface area contributed by atoms with E-state index in [1.807, 2.05) is 37.3 Å². The van der Waals surface area contributed by atoms with Gasteiger partial charge in [-0.1, -0.05) is 12.1 Å². The second-order valence-electron chi connectivity index (χ2n) is 4.88. The number of thiazole rings is 1. The zero-order chi connectivity index (χ0) is 15.3. The van der Waals surface area contributed by atoms with Gasteiger partial charge in [0.25, 0.3) is 0 Å². The molecular weight excluding hydrogens is 306 g/mol. The SMILES string of the molecule is CC(Cc1nc2ccccc2s1)NS(=O)(=O)CCCC#N. The highest BCUT2D eigenvalue weighted by molar-refractivity contribution is 7.89. The second kappa shape index (κ2) is 6.98. The van der Waals surface area contributed by atoms with Crippen LogP contribution in [-0.4, -0.2) is 25.2 Å². The summed E-state index contributed by atoms with van der Waals surface area (Å²) >= 11 is 1.58. The normalized spacial score (nSPS) is 13.1. The Balaban J connectivity index is 1.95. The quantitative estimate of drug-likeness (QED) is 0.793. The number of fused-ring (bicyclic) bond motifs is 1. The Bertz CT molecular complexity index is 714. The average molecular weight is 323 g/mol. The number of nitrogens with zero attached hydrogens (tertiary/aromatic N) is 2. The molecule has 2 aromatic rings. The van der Waals surface area contributed by atoms with E-state index >= 15 is 0 Å². The van der Waals surface area contributed by atoms with Crippen molar-refractivity contribution in [2.75, 3.05) is 5.75 Å². The maximum Gasteiger partial charge on any atom is 0.211 e. The fourth-order valence-corrected chi connectivity index (χ4v) is 4.45. The predicted octanol–water partition coefficient (Wildman–Crippen LogP) is 2.45. The van der Waals surface area contributed by atoms with Crippen LogP contribution in [0.3, 0.4) is 0 Å². The molecule has 112 valence electrons. The lowest BCUT2D eigenvalue weighted by atomic mass is 10.3. The smallest absolute Gasteiger partial charge is 0.211 e. The number of sulfonamides is 1. The summed E-state index contributed by atoms with van der Waals surface area (Å²) in [5.41, 5.74) is 0.946. The van der Waals surface area contributed by atoms with Crippen LogP contribution < -0.4 is 4.72 Å². The lowest BCUT2D eigenvalue weighted by molar-refractivity contribution is 0.557. The van der Waals surface area contributed by atoms with Gasteiger partial charge >= 0.3 is 0 Å². The Kier molecular flexibility index (Phi) is 5.28. The molecule has 21 heavy (non-hydrogen) atoms. The minimum absolute atomic E-state index is 0.00918. The topological polar surface area (TPSA) is 82.8 Å². The number of nitrogens with one attached hydrogen (secondary N) is 1. The highest BCUT2D eigenvalue weighted by Crippen LogP contribution is 2.22. The van der Waals surface area contributed by atoms with E-state index in [-0.39, 0.29) is 18.2 Å². The van der Waals surface area contributed by atoms with Gasteiger partial charge in [0.15, 0.2) is 0 Å². The van der Waals surface area contributed by atoms with Gasteiger partial charge in [0.05, 0.1) is 27.0 Å². The molecule has 1 aromatic heterocycles. The summed E-state index contributed by atoms with van der Waals surface area (Å²) in [7, 11) is -3.33. The number of hydrogen-bond donors (Lipinski definition) is 1. The van der Waals surface area contributed by atoms with Gasteiger partial charge in [0, 0.05) is 18.9 Å². The predicted molar refractivity (Wildman–Crippen MR) is 84.6 cm³/mol. The molecule has 0 bridgehead atoms. The molecule has 0 spiro atoms. The summed E-state index contributed by atoms with van der Waals surface area (Å²) in [5, 5.41) is 9.36. The molecular formula is C14H17N3O2S2. The summed E-state index contributed by atoms with van der Waals surface area (Å²) in [5.74, 6) is -0.00918. The molecule has 1 heterocycles. The molecule has 0 aliphatic carbocycles. The van der Waals surface area contributed by atoms with E-state index in [0.717, 1.165) is 15.2 Å². The van der Waals surface area contributed by atoms with E-state index in [4.69, 9.17) is 5.26 Å². The molecule has 0 fully saturated rings. The number of nitriles is 1. The van der Waals surface area contributed by atoms with Crippen LogP contribution in [0.5, 0.6) is 0 Å². The van der Waals surface area contributed by atoms with E-state index < -0.39 is 10.0 Å². The Hall–Kier alpha value is -1.49. The van der Waals surface area contributed by atoms with Gasteiger partial charge in [-0.3, -0.25) is 0 Å². The molecule has 0 radical (unpaired) electrons. The van der Waals surface area contributed by atoms with Crippen LogP contribution in [0.1, 0.15) is 24.8 Å². The summed E-state index contributed by atoms with van der Waals surface area (Å²) in [6.07, 6.45) is 1.18. The third-order valence-electron chi connectivity index (χ3n) is 2.90. The first kappa shape index (κ1) is 15.9. The van der Waals surface area contributed by atoms with Crippen molar-refractivity contribution >= 4 is 31.6 Å². The van der Waals surface area contributed by atoms with Gasteiger partial charge in [-0.2, -0.15) is 5.26 Å². The highest BCUT2D eigenvalue weighted by Gasteiger charge is 2.16. The van der Waals surface area contributed by atoms with Crippen molar-refractivity contribution in [3.05, 3.63) is 29.3 Å². The molecule has 7 heteroatoms. The van der Waals surface area contributed by atoms with Crippen LogP contribution in [0.15, 0.2) is 24.3 Å². The summed E-state index contributed by atoms with van der Waals surface area (Å²) in [6, 6.07) is 9.60. The highest BCUT2D eigenvalue weighted by atomic mass is 32.2. The molecule has 5 nitrogen and oxygen atoms in total. The van der Waals surface area contributed by atoms with Crippen molar-refractivity contribution in [1.82, 2.24) is 9.71 Å². The molecule has 0 saturated heterocycles. The Morgan fingerprint density at radius 1 is 1.43 bits per heavy atom. The molecule has 1 atom stereocenters. The number of unbranched alkanes of at least 4 members (excludes halogenated alkanes) is 1. The fourth-order valence-electron chi connectivity index (χ4n) is 2.02. The summed E-state index contributed by atoms with van der Waals surface area (Å²) < 4.78 is 27.4. The number of rotatable bonds is 7. The first-order valence-corrected chi connectivity index (χ1v) is 9.18.